The van der Waals surface area contributed by atoms with Crippen molar-refractivity contribution in [2.75, 3.05) is 12.8 Å². The van der Waals surface area contributed by atoms with Crippen molar-refractivity contribution in [2.24, 2.45) is 5.73 Å². The van der Waals surface area contributed by atoms with E-state index in [1.54, 1.807) is 6.20 Å². The van der Waals surface area contributed by atoms with Gasteiger partial charge in [0.1, 0.15) is 11.9 Å². The number of hydrogen-bond acceptors (Lipinski definition) is 5. The van der Waals surface area contributed by atoms with Gasteiger partial charge in [0.05, 0.1) is 7.11 Å². The van der Waals surface area contributed by atoms with Crippen molar-refractivity contribution >= 4 is 11.8 Å². The van der Waals surface area contributed by atoms with Crippen LogP contribution in [0.1, 0.15) is 5.56 Å². The highest BCUT2D eigenvalue weighted by molar-refractivity contribution is 5.75. The van der Waals surface area contributed by atoms with Gasteiger partial charge in [-0.1, -0.05) is 24.3 Å². The highest BCUT2D eigenvalue weighted by Crippen LogP contribution is 2.21. The molecule has 1 heterocycles. The third-order valence-corrected chi connectivity index (χ3v) is 3.03. The molecule has 20 heavy (non-hydrogen) atoms. The molecule has 1 unspecified atom stereocenters. The Labute approximate surface area is 117 Å². The number of esters is 1. The summed E-state index contributed by atoms with van der Waals surface area (Å²) in [6, 6.07) is 10.9. The second kappa shape index (κ2) is 6.16. The summed E-state index contributed by atoms with van der Waals surface area (Å²) in [6.45, 7) is 0. The van der Waals surface area contributed by atoms with Gasteiger partial charge < -0.3 is 16.2 Å². The van der Waals surface area contributed by atoms with Crippen LogP contribution in [-0.4, -0.2) is 24.1 Å². The smallest absolute Gasteiger partial charge is 0.322 e. The van der Waals surface area contributed by atoms with Crippen molar-refractivity contribution in [3.05, 3.63) is 48.2 Å². The van der Waals surface area contributed by atoms with Gasteiger partial charge in [0.2, 0.25) is 0 Å². The predicted octanol–water partition coefficient (Wildman–Crippen LogP) is 1.37. The van der Waals surface area contributed by atoms with Crippen molar-refractivity contribution in [3.63, 3.8) is 0 Å². The zero-order valence-electron chi connectivity index (χ0n) is 11.2. The number of carbonyl (C=O) groups excluding carboxylic acids is 1. The number of methoxy groups -OCH3 is 1. The molecule has 4 N–H and O–H groups in total. The summed E-state index contributed by atoms with van der Waals surface area (Å²) in [4.78, 5) is 15.2. The van der Waals surface area contributed by atoms with E-state index in [-0.39, 0.29) is 0 Å². The van der Waals surface area contributed by atoms with Gasteiger partial charge in [-0.2, -0.15) is 0 Å². The standard InChI is InChI=1S/C15H17N3O2/c1-20-15(19)13(16)8-10-2-4-11(5-3-10)12-6-7-18-14(17)9-12/h2-7,9,13H,8,16H2,1H3,(H2,17,18). The predicted molar refractivity (Wildman–Crippen MR) is 77.8 cm³/mol. The molecule has 0 amide bonds. The Morgan fingerprint density at radius 3 is 2.55 bits per heavy atom. The summed E-state index contributed by atoms with van der Waals surface area (Å²) in [7, 11) is 1.33. The molecule has 0 bridgehead atoms. The molecule has 2 rings (SSSR count). The fourth-order valence-corrected chi connectivity index (χ4v) is 1.95. The van der Waals surface area contributed by atoms with Gasteiger partial charge in [-0.3, -0.25) is 4.79 Å². The summed E-state index contributed by atoms with van der Waals surface area (Å²) in [5.41, 5.74) is 14.4. The second-order valence-corrected chi connectivity index (χ2v) is 4.50. The van der Waals surface area contributed by atoms with Crippen LogP contribution >= 0.6 is 0 Å². The summed E-state index contributed by atoms with van der Waals surface area (Å²) in [6.07, 6.45) is 2.12. The van der Waals surface area contributed by atoms with Crippen molar-refractivity contribution < 1.29 is 9.53 Å². The number of carbonyl (C=O) groups is 1. The minimum absolute atomic E-state index is 0.406. The number of nitrogens with two attached hydrogens (primary N) is 2. The highest BCUT2D eigenvalue weighted by Gasteiger charge is 2.14. The first-order valence-corrected chi connectivity index (χ1v) is 6.24. The van der Waals surface area contributed by atoms with Crippen molar-refractivity contribution in [1.82, 2.24) is 4.98 Å². The Kier molecular flexibility index (Phi) is 4.32. The molecule has 5 nitrogen and oxygen atoms in total. The lowest BCUT2D eigenvalue weighted by Gasteiger charge is -2.10. The van der Waals surface area contributed by atoms with E-state index in [0.717, 1.165) is 16.7 Å². The maximum absolute atomic E-state index is 11.3. The lowest BCUT2D eigenvalue weighted by molar-refractivity contribution is -0.142. The lowest BCUT2D eigenvalue weighted by atomic mass is 10.0. The molecule has 104 valence electrons. The SMILES string of the molecule is COC(=O)C(N)Cc1ccc(-c2ccnc(N)c2)cc1. The number of nitrogens with zero attached hydrogens (tertiary/aromatic N) is 1. The topological polar surface area (TPSA) is 91.2 Å². The van der Waals surface area contributed by atoms with Crippen LogP contribution in [0.3, 0.4) is 0 Å². The van der Waals surface area contributed by atoms with Crippen LogP contribution in [0.5, 0.6) is 0 Å². The second-order valence-electron chi connectivity index (χ2n) is 4.50. The fourth-order valence-electron chi connectivity index (χ4n) is 1.95. The number of rotatable bonds is 4. The van der Waals surface area contributed by atoms with Crippen LogP contribution < -0.4 is 11.5 Å². The van der Waals surface area contributed by atoms with E-state index in [0.29, 0.717) is 12.2 Å². The van der Waals surface area contributed by atoms with Crippen LogP contribution in [-0.2, 0) is 16.0 Å². The molecule has 0 aliphatic rings. The number of anilines is 1. The zero-order chi connectivity index (χ0) is 14.5. The van der Waals surface area contributed by atoms with Crippen molar-refractivity contribution in [2.45, 2.75) is 12.5 Å². The van der Waals surface area contributed by atoms with Crippen LogP contribution in [0, 0.1) is 0 Å². The number of benzene rings is 1. The van der Waals surface area contributed by atoms with Crippen LogP contribution in [0.2, 0.25) is 0 Å². The quantitative estimate of drug-likeness (QED) is 0.820. The first kappa shape index (κ1) is 14.0. The molecule has 0 aliphatic heterocycles. The molecule has 0 radical (unpaired) electrons. The number of hydrogen-bond donors (Lipinski definition) is 2. The van der Waals surface area contributed by atoms with E-state index in [1.165, 1.54) is 7.11 Å². The minimum Gasteiger partial charge on any atom is -0.468 e. The third kappa shape index (κ3) is 3.33. The molecular formula is C15H17N3O2. The molecule has 1 aromatic carbocycles. The Balaban J connectivity index is 2.12. The number of aromatic nitrogens is 1. The van der Waals surface area contributed by atoms with E-state index >= 15 is 0 Å². The Bertz CT molecular complexity index is 596. The summed E-state index contributed by atoms with van der Waals surface area (Å²) in [5, 5.41) is 0. The largest absolute Gasteiger partial charge is 0.468 e. The van der Waals surface area contributed by atoms with E-state index in [2.05, 4.69) is 9.72 Å². The van der Waals surface area contributed by atoms with Crippen molar-refractivity contribution in [3.8, 4) is 11.1 Å². The van der Waals surface area contributed by atoms with E-state index in [1.807, 2.05) is 36.4 Å². The monoisotopic (exact) mass is 271 g/mol. The molecule has 0 spiro atoms. The Morgan fingerprint density at radius 2 is 1.95 bits per heavy atom. The van der Waals surface area contributed by atoms with Gasteiger partial charge in [0.25, 0.3) is 0 Å². The van der Waals surface area contributed by atoms with Gasteiger partial charge in [-0.15, -0.1) is 0 Å². The van der Waals surface area contributed by atoms with Crippen LogP contribution in [0.4, 0.5) is 5.82 Å². The van der Waals surface area contributed by atoms with E-state index in [9.17, 15) is 4.79 Å². The molecular weight excluding hydrogens is 254 g/mol. The zero-order valence-corrected chi connectivity index (χ0v) is 11.2. The van der Waals surface area contributed by atoms with E-state index in [4.69, 9.17) is 11.5 Å². The lowest BCUT2D eigenvalue weighted by Crippen LogP contribution is -2.33. The van der Waals surface area contributed by atoms with Crippen LogP contribution in [0.25, 0.3) is 11.1 Å². The number of pyridine rings is 1. The third-order valence-electron chi connectivity index (χ3n) is 3.03. The highest BCUT2D eigenvalue weighted by atomic mass is 16.5. The maximum Gasteiger partial charge on any atom is 0.322 e. The molecule has 1 aromatic heterocycles. The van der Waals surface area contributed by atoms with Crippen molar-refractivity contribution in [1.29, 1.82) is 0 Å². The summed E-state index contributed by atoms with van der Waals surface area (Å²) < 4.78 is 4.61. The minimum atomic E-state index is -0.637. The molecule has 0 saturated heterocycles. The van der Waals surface area contributed by atoms with Gasteiger partial charge in [0.15, 0.2) is 0 Å². The normalized spacial score (nSPS) is 11.9. The average molecular weight is 271 g/mol. The summed E-state index contributed by atoms with van der Waals surface area (Å²) >= 11 is 0. The molecule has 0 fully saturated rings. The molecule has 0 aliphatic carbocycles. The maximum atomic E-state index is 11.3. The van der Waals surface area contributed by atoms with Gasteiger partial charge in [-0.25, -0.2) is 4.98 Å². The molecule has 1 atom stereocenters. The number of nitrogen functional groups attached to an aromatic ring is 1. The Morgan fingerprint density at radius 1 is 1.25 bits per heavy atom. The van der Waals surface area contributed by atoms with Gasteiger partial charge in [-0.05, 0) is 35.2 Å². The first-order chi connectivity index (χ1) is 9.60. The molecule has 0 saturated carbocycles. The number of ether oxygens (including phenoxy) is 1. The summed E-state index contributed by atoms with van der Waals surface area (Å²) in [5.74, 6) is 0.0790. The van der Waals surface area contributed by atoms with E-state index < -0.39 is 12.0 Å². The first-order valence-electron chi connectivity index (χ1n) is 6.24. The van der Waals surface area contributed by atoms with Crippen LogP contribution in [0.15, 0.2) is 42.6 Å². The fraction of sp³-hybridized carbons (Fsp3) is 0.200. The van der Waals surface area contributed by atoms with Gasteiger partial charge in [0, 0.05) is 6.20 Å². The van der Waals surface area contributed by atoms with Gasteiger partial charge >= 0.3 is 5.97 Å². The molecule has 5 heteroatoms. The molecule has 2 aromatic rings. The Hall–Kier alpha value is -2.40. The average Bonchev–Trinajstić information content (AvgIpc) is 2.47.